The summed E-state index contributed by atoms with van der Waals surface area (Å²) in [4.78, 5) is 11.2. The predicted molar refractivity (Wildman–Crippen MR) is 76.5 cm³/mol. The third-order valence-electron chi connectivity index (χ3n) is 2.52. The minimum absolute atomic E-state index is 0.0513. The van der Waals surface area contributed by atoms with E-state index in [9.17, 15) is 4.79 Å². The van der Waals surface area contributed by atoms with E-state index in [0.717, 1.165) is 0 Å². The molecule has 0 amide bonds. The van der Waals surface area contributed by atoms with Gasteiger partial charge in [0.05, 0.1) is 6.10 Å². The molecule has 1 unspecified atom stereocenters. The monoisotopic (exact) mass is 262 g/mol. The normalized spacial score (nSPS) is 12.9. The zero-order valence-electron chi connectivity index (χ0n) is 12.1. The van der Waals surface area contributed by atoms with E-state index >= 15 is 0 Å². The van der Waals surface area contributed by atoms with Crippen LogP contribution in [0.5, 0.6) is 5.75 Å². The number of Topliss-reactive ketones (excluding diaryl/α,β-unsaturated/α-hetero) is 1. The van der Waals surface area contributed by atoms with E-state index in [4.69, 9.17) is 9.47 Å². The Morgan fingerprint density at radius 2 is 1.89 bits per heavy atom. The highest BCUT2D eigenvalue weighted by atomic mass is 16.7. The van der Waals surface area contributed by atoms with Crippen molar-refractivity contribution in [3.05, 3.63) is 42.0 Å². The number of allylic oxidation sites excluding steroid dienone is 1. The lowest BCUT2D eigenvalue weighted by atomic mass is 10.1. The third-order valence-corrected chi connectivity index (χ3v) is 2.52. The molecule has 0 heterocycles. The van der Waals surface area contributed by atoms with Gasteiger partial charge in [-0.25, -0.2) is 0 Å². The van der Waals surface area contributed by atoms with Crippen LogP contribution < -0.4 is 4.74 Å². The molecule has 0 saturated carbocycles. The average molecular weight is 262 g/mol. The van der Waals surface area contributed by atoms with Gasteiger partial charge in [-0.3, -0.25) is 4.79 Å². The Morgan fingerprint density at radius 1 is 1.26 bits per heavy atom. The number of ether oxygens (including phenoxy) is 2. The zero-order chi connectivity index (χ0) is 14.3. The highest BCUT2D eigenvalue weighted by molar-refractivity contribution is 5.94. The second-order valence-corrected chi connectivity index (χ2v) is 4.62. The van der Waals surface area contributed by atoms with E-state index in [0.29, 0.717) is 17.7 Å². The molecule has 0 N–H and O–H groups in total. The molecule has 0 aliphatic rings. The number of hydrogen-bond acceptors (Lipinski definition) is 3. The number of rotatable bonds is 7. The van der Waals surface area contributed by atoms with Gasteiger partial charge < -0.3 is 9.47 Å². The molecule has 0 radical (unpaired) electrons. The fourth-order valence-corrected chi connectivity index (χ4v) is 1.60. The Bertz CT molecular complexity index is 418. The van der Waals surface area contributed by atoms with Crippen molar-refractivity contribution in [1.82, 2.24) is 0 Å². The van der Waals surface area contributed by atoms with Gasteiger partial charge in [-0.05, 0) is 52.0 Å². The van der Waals surface area contributed by atoms with Crippen LogP contribution in [0.4, 0.5) is 0 Å². The van der Waals surface area contributed by atoms with Gasteiger partial charge in [0.15, 0.2) is 5.78 Å². The summed E-state index contributed by atoms with van der Waals surface area (Å²) in [6.45, 7) is 7.47. The first kappa shape index (κ1) is 15.4. The van der Waals surface area contributed by atoms with Crippen LogP contribution in [0.3, 0.4) is 0 Å². The SMILES string of the molecule is CC=CCC(Oc1ccc(C(C)=O)cc1)OC(C)C. The maximum Gasteiger partial charge on any atom is 0.203 e. The molecule has 0 aliphatic heterocycles. The van der Waals surface area contributed by atoms with Crippen molar-refractivity contribution >= 4 is 5.78 Å². The fourth-order valence-electron chi connectivity index (χ4n) is 1.60. The van der Waals surface area contributed by atoms with E-state index in [2.05, 4.69) is 0 Å². The van der Waals surface area contributed by atoms with Crippen LogP contribution in [0, 0.1) is 0 Å². The highest BCUT2D eigenvalue weighted by Crippen LogP contribution is 2.17. The lowest BCUT2D eigenvalue weighted by molar-refractivity contribution is -0.105. The number of benzene rings is 1. The summed E-state index contributed by atoms with van der Waals surface area (Å²) in [5, 5.41) is 0. The first-order valence-corrected chi connectivity index (χ1v) is 6.57. The second kappa shape index (κ2) is 7.74. The molecule has 1 rings (SSSR count). The molecule has 3 heteroatoms. The summed E-state index contributed by atoms with van der Waals surface area (Å²) < 4.78 is 11.5. The standard InChI is InChI=1S/C16H22O3/c1-5-6-7-16(18-12(2)3)19-15-10-8-14(9-11-15)13(4)17/h5-6,8-12,16H,7H2,1-4H3. The molecule has 0 aliphatic carbocycles. The number of hydrogen-bond donors (Lipinski definition) is 0. The molecule has 0 saturated heterocycles. The molecule has 1 atom stereocenters. The summed E-state index contributed by atoms with van der Waals surface area (Å²) in [7, 11) is 0. The zero-order valence-corrected chi connectivity index (χ0v) is 12.1. The van der Waals surface area contributed by atoms with E-state index in [-0.39, 0.29) is 18.2 Å². The predicted octanol–water partition coefficient (Wildman–Crippen LogP) is 3.99. The molecule has 104 valence electrons. The van der Waals surface area contributed by atoms with Crippen LogP contribution in [-0.2, 0) is 4.74 Å². The average Bonchev–Trinajstić information content (AvgIpc) is 2.36. The lowest BCUT2D eigenvalue weighted by Gasteiger charge is -2.20. The first-order chi connectivity index (χ1) is 9.02. The van der Waals surface area contributed by atoms with Gasteiger partial charge in [0.2, 0.25) is 6.29 Å². The van der Waals surface area contributed by atoms with Crippen molar-refractivity contribution < 1.29 is 14.3 Å². The summed E-state index contributed by atoms with van der Waals surface area (Å²) in [6.07, 6.45) is 4.48. The first-order valence-electron chi connectivity index (χ1n) is 6.57. The molecule has 0 aromatic heterocycles. The van der Waals surface area contributed by atoms with Gasteiger partial charge in [-0.1, -0.05) is 12.2 Å². The minimum Gasteiger partial charge on any atom is -0.465 e. The van der Waals surface area contributed by atoms with Crippen LogP contribution in [0.25, 0.3) is 0 Å². The molecule has 3 nitrogen and oxygen atoms in total. The van der Waals surface area contributed by atoms with E-state index < -0.39 is 0 Å². The Kier molecular flexibility index (Phi) is 6.30. The van der Waals surface area contributed by atoms with Crippen LogP contribution >= 0.6 is 0 Å². The molecule has 1 aromatic rings. The van der Waals surface area contributed by atoms with E-state index in [1.165, 1.54) is 0 Å². The van der Waals surface area contributed by atoms with Crippen LogP contribution in [0.15, 0.2) is 36.4 Å². The van der Waals surface area contributed by atoms with Crippen LogP contribution in [0.2, 0.25) is 0 Å². The van der Waals surface area contributed by atoms with Crippen molar-refractivity contribution in [3.63, 3.8) is 0 Å². The van der Waals surface area contributed by atoms with Crippen molar-refractivity contribution in [2.45, 2.75) is 46.5 Å². The molecule has 0 spiro atoms. The Hall–Kier alpha value is -1.61. The van der Waals surface area contributed by atoms with Gasteiger partial charge >= 0.3 is 0 Å². The lowest BCUT2D eigenvalue weighted by Crippen LogP contribution is -2.23. The molecule has 1 aromatic carbocycles. The largest absolute Gasteiger partial charge is 0.465 e. The number of ketones is 1. The topological polar surface area (TPSA) is 35.5 Å². The number of carbonyl (C=O) groups excluding carboxylic acids is 1. The van der Waals surface area contributed by atoms with Crippen molar-refractivity contribution in [3.8, 4) is 5.75 Å². The Balaban J connectivity index is 2.69. The number of carbonyl (C=O) groups is 1. The van der Waals surface area contributed by atoms with E-state index in [1.807, 2.05) is 32.9 Å². The molecule has 19 heavy (non-hydrogen) atoms. The van der Waals surface area contributed by atoms with Gasteiger partial charge in [0, 0.05) is 12.0 Å². The van der Waals surface area contributed by atoms with Gasteiger partial charge in [-0.15, -0.1) is 0 Å². The van der Waals surface area contributed by atoms with Gasteiger partial charge in [0.1, 0.15) is 5.75 Å². The van der Waals surface area contributed by atoms with Crippen molar-refractivity contribution in [2.24, 2.45) is 0 Å². The van der Waals surface area contributed by atoms with Crippen LogP contribution in [-0.4, -0.2) is 18.2 Å². The third kappa shape index (κ3) is 5.71. The van der Waals surface area contributed by atoms with Crippen LogP contribution in [0.1, 0.15) is 44.5 Å². The van der Waals surface area contributed by atoms with Crippen molar-refractivity contribution in [1.29, 1.82) is 0 Å². The summed E-state index contributed by atoms with van der Waals surface area (Å²) in [5.74, 6) is 0.760. The summed E-state index contributed by atoms with van der Waals surface area (Å²) in [6, 6.07) is 7.12. The highest BCUT2D eigenvalue weighted by Gasteiger charge is 2.11. The maximum atomic E-state index is 11.2. The van der Waals surface area contributed by atoms with Crippen molar-refractivity contribution in [2.75, 3.05) is 0 Å². The fraction of sp³-hybridized carbons (Fsp3) is 0.438. The quantitative estimate of drug-likeness (QED) is 0.423. The van der Waals surface area contributed by atoms with Gasteiger partial charge in [-0.2, -0.15) is 0 Å². The van der Waals surface area contributed by atoms with E-state index in [1.54, 1.807) is 31.2 Å². The second-order valence-electron chi connectivity index (χ2n) is 4.62. The summed E-state index contributed by atoms with van der Waals surface area (Å²) >= 11 is 0. The molecular formula is C16H22O3. The molecular weight excluding hydrogens is 240 g/mol. The Morgan fingerprint density at radius 3 is 2.37 bits per heavy atom. The molecule has 0 fully saturated rings. The summed E-state index contributed by atoms with van der Waals surface area (Å²) in [5.41, 5.74) is 0.683. The maximum absolute atomic E-state index is 11.2. The Labute approximate surface area is 115 Å². The smallest absolute Gasteiger partial charge is 0.203 e. The molecule has 0 bridgehead atoms. The minimum atomic E-state index is -0.306. The van der Waals surface area contributed by atoms with Gasteiger partial charge in [0.25, 0.3) is 0 Å².